The van der Waals surface area contributed by atoms with E-state index in [1.165, 1.54) is 5.57 Å². The minimum absolute atomic E-state index is 0.248. The molecule has 0 fully saturated rings. The fraction of sp³-hybridized carbons (Fsp3) is 0.500. The topological polar surface area (TPSA) is 70.7 Å². The van der Waals surface area contributed by atoms with Crippen LogP contribution in [0.15, 0.2) is 29.8 Å². The summed E-state index contributed by atoms with van der Waals surface area (Å²) in [6.45, 7) is 12.4. The predicted octanol–water partition coefficient (Wildman–Crippen LogP) is 3.61. The number of benzene rings is 1. The number of amides is 2. The Hall–Kier alpha value is -2.50. The zero-order valence-corrected chi connectivity index (χ0v) is 16.5. The van der Waals surface area contributed by atoms with Gasteiger partial charge in [-0.25, -0.2) is 4.79 Å². The molecule has 1 aliphatic heterocycles. The second-order valence-electron chi connectivity index (χ2n) is 7.90. The molecule has 0 spiro atoms. The normalized spacial score (nSPS) is 16.9. The molecule has 1 aromatic carbocycles. The number of fused-ring (bicyclic) bond motifs is 1. The summed E-state index contributed by atoms with van der Waals surface area (Å²) in [5.74, 6) is -0.248. The third-order valence-corrected chi connectivity index (χ3v) is 3.88. The van der Waals surface area contributed by atoms with Crippen LogP contribution in [-0.4, -0.2) is 36.7 Å². The summed E-state index contributed by atoms with van der Waals surface area (Å²) in [5, 5.41) is 5.62. The van der Waals surface area contributed by atoms with Gasteiger partial charge in [-0.1, -0.05) is 17.7 Å². The zero-order chi connectivity index (χ0) is 19.5. The monoisotopic (exact) mass is 359 g/mol. The second kappa shape index (κ2) is 7.81. The van der Waals surface area contributed by atoms with E-state index in [4.69, 9.17) is 4.74 Å². The largest absolute Gasteiger partial charge is 0.444 e. The van der Waals surface area contributed by atoms with Crippen molar-refractivity contribution in [3.05, 3.63) is 35.4 Å². The van der Waals surface area contributed by atoms with E-state index in [1.807, 2.05) is 39.0 Å². The molecular weight excluding hydrogens is 330 g/mol. The van der Waals surface area contributed by atoms with Crippen molar-refractivity contribution in [2.45, 2.75) is 53.2 Å². The van der Waals surface area contributed by atoms with Gasteiger partial charge in [0.25, 0.3) is 0 Å². The number of hydrogen-bond acceptors (Lipinski definition) is 4. The van der Waals surface area contributed by atoms with E-state index in [9.17, 15) is 9.59 Å². The Labute approximate surface area is 155 Å². The van der Waals surface area contributed by atoms with Gasteiger partial charge in [-0.05, 0) is 59.2 Å². The molecule has 0 saturated heterocycles. The summed E-state index contributed by atoms with van der Waals surface area (Å²) in [7, 11) is 0. The molecule has 1 aliphatic rings. The van der Waals surface area contributed by atoms with Gasteiger partial charge in [-0.15, -0.1) is 0 Å². The molecular formula is C20H29N3O3. The van der Waals surface area contributed by atoms with Crippen LogP contribution in [0.25, 0.3) is 0 Å². The van der Waals surface area contributed by atoms with Gasteiger partial charge in [0.2, 0.25) is 5.91 Å². The smallest absolute Gasteiger partial charge is 0.408 e. The maximum atomic E-state index is 12.6. The predicted molar refractivity (Wildman–Crippen MR) is 105 cm³/mol. The maximum absolute atomic E-state index is 12.6. The Bertz CT molecular complexity index is 716. The van der Waals surface area contributed by atoms with Crippen molar-refractivity contribution in [3.63, 3.8) is 0 Å². The second-order valence-corrected chi connectivity index (χ2v) is 7.90. The number of nitrogens with zero attached hydrogens (tertiary/aromatic N) is 1. The summed E-state index contributed by atoms with van der Waals surface area (Å²) in [6.07, 6.45) is 1.51. The van der Waals surface area contributed by atoms with E-state index < -0.39 is 17.7 Å². The van der Waals surface area contributed by atoms with Crippen molar-refractivity contribution in [2.75, 3.05) is 23.3 Å². The van der Waals surface area contributed by atoms with Crippen LogP contribution < -0.4 is 15.5 Å². The number of ether oxygens (including phenoxy) is 1. The summed E-state index contributed by atoms with van der Waals surface area (Å²) in [4.78, 5) is 26.9. The average Bonchev–Trinajstić information content (AvgIpc) is 2.60. The molecule has 1 heterocycles. The van der Waals surface area contributed by atoms with Crippen LogP contribution in [0.1, 0.15) is 40.2 Å². The van der Waals surface area contributed by atoms with E-state index in [0.717, 1.165) is 16.9 Å². The van der Waals surface area contributed by atoms with E-state index in [-0.39, 0.29) is 5.91 Å². The average molecular weight is 359 g/mol. The standard InChI is InChI=1S/C20H29N3O3/c1-13(2)9-10-23-12-16(22-19(25)26-20(4,5)6)18(24)21-15-11-14(3)7-8-17(15)23/h7-9,11,16H,10,12H2,1-6H3,(H,21,24)(H,22,25). The third kappa shape index (κ3) is 5.51. The Morgan fingerprint density at radius 1 is 1.38 bits per heavy atom. The Balaban J connectivity index is 2.27. The molecule has 6 nitrogen and oxygen atoms in total. The highest BCUT2D eigenvalue weighted by atomic mass is 16.6. The molecule has 1 aromatic rings. The quantitative estimate of drug-likeness (QED) is 0.809. The third-order valence-electron chi connectivity index (χ3n) is 3.88. The highest BCUT2D eigenvalue weighted by Gasteiger charge is 2.30. The van der Waals surface area contributed by atoms with Crippen molar-refractivity contribution < 1.29 is 14.3 Å². The first-order chi connectivity index (χ1) is 12.0. The number of hydrogen-bond donors (Lipinski definition) is 2. The van der Waals surface area contributed by atoms with Crippen molar-refractivity contribution in [3.8, 4) is 0 Å². The highest BCUT2D eigenvalue weighted by molar-refractivity contribution is 6.01. The molecule has 2 N–H and O–H groups in total. The number of aryl methyl sites for hydroxylation is 1. The van der Waals surface area contributed by atoms with Gasteiger partial charge in [0.15, 0.2) is 0 Å². The lowest BCUT2D eigenvalue weighted by Gasteiger charge is -2.27. The molecule has 2 amide bonds. The van der Waals surface area contributed by atoms with Gasteiger partial charge in [0.05, 0.1) is 11.4 Å². The van der Waals surface area contributed by atoms with Gasteiger partial charge >= 0.3 is 6.09 Å². The molecule has 142 valence electrons. The van der Waals surface area contributed by atoms with Crippen LogP contribution in [0, 0.1) is 6.92 Å². The number of nitrogens with one attached hydrogen (secondary N) is 2. The minimum atomic E-state index is -0.705. The number of anilines is 2. The number of rotatable bonds is 3. The van der Waals surface area contributed by atoms with Crippen LogP contribution in [0.2, 0.25) is 0 Å². The molecule has 0 saturated carbocycles. The van der Waals surface area contributed by atoms with Crippen LogP contribution in [0.5, 0.6) is 0 Å². The first-order valence-corrected chi connectivity index (χ1v) is 8.84. The minimum Gasteiger partial charge on any atom is -0.444 e. The highest BCUT2D eigenvalue weighted by Crippen LogP contribution is 2.30. The molecule has 6 heteroatoms. The number of carbonyl (C=O) groups excluding carboxylic acids is 2. The summed E-state index contributed by atoms with van der Waals surface area (Å²) in [6, 6.07) is 5.25. The molecule has 0 radical (unpaired) electrons. The fourth-order valence-electron chi connectivity index (χ4n) is 2.67. The lowest BCUT2D eigenvalue weighted by molar-refractivity contribution is -0.117. The maximum Gasteiger partial charge on any atom is 0.408 e. The van der Waals surface area contributed by atoms with Gasteiger partial charge < -0.3 is 20.3 Å². The van der Waals surface area contributed by atoms with Crippen molar-refractivity contribution in [2.24, 2.45) is 0 Å². The van der Waals surface area contributed by atoms with E-state index >= 15 is 0 Å². The number of alkyl carbamates (subject to hydrolysis) is 1. The van der Waals surface area contributed by atoms with E-state index in [0.29, 0.717) is 13.1 Å². The summed E-state index contributed by atoms with van der Waals surface area (Å²) < 4.78 is 5.30. The lowest BCUT2D eigenvalue weighted by Crippen LogP contribution is -2.50. The molecule has 2 rings (SSSR count). The van der Waals surface area contributed by atoms with Gasteiger partial charge in [0.1, 0.15) is 11.6 Å². The van der Waals surface area contributed by atoms with Crippen LogP contribution in [-0.2, 0) is 9.53 Å². The van der Waals surface area contributed by atoms with E-state index in [1.54, 1.807) is 20.8 Å². The summed E-state index contributed by atoms with van der Waals surface area (Å²) >= 11 is 0. The van der Waals surface area contributed by atoms with Gasteiger partial charge in [-0.3, -0.25) is 4.79 Å². The Morgan fingerprint density at radius 2 is 2.08 bits per heavy atom. The van der Waals surface area contributed by atoms with Crippen LogP contribution in [0.4, 0.5) is 16.2 Å². The molecule has 26 heavy (non-hydrogen) atoms. The number of carbonyl (C=O) groups is 2. The Kier molecular flexibility index (Phi) is 5.95. The fourth-order valence-corrected chi connectivity index (χ4v) is 2.67. The van der Waals surface area contributed by atoms with Crippen LogP contribution in [0.3, 0.4) is 0 Å². The molecule has 1 unspecified atom stereocenters. The zero-order valence-electron chi connectivity index (χ0n) is 16.5. The first-order valence-electron chi connectivity index (χ1n) is 8.84. The van der Waals surface area contributed by atoms with Crippen molar-refractivity contribution >= 4 is 23.4 Å². The molecule has 0 aromatic heterocycles. The van der Waals surface area contributed by atoms with Crippen molar-refractivity contribution in [1.82, 2.24) is 5.32 Å². The Morgan fingerprint density at radius 3 is 2.69 bits per heavy atom. The van der Waals surface area contributed by atoms with Crippen molar-refractivity contribution in [1.29, 1.82) is 0 Å². The summed E-state index contributed by atoms with van der Waals surface area (Å²) in [5.41, 5.74) is 3.33. The van der Waals surface area contributed by atoms with Crippen LogP contribution >= 0.6 is 0 Å². The number of allylic oxidation sites excluding steroid dienone is 1. The molecule has 0 aliphatic carbocycles. The molecule has 0 bridgehead atoms. The molecule has 1 atom stereocenters. The SMILES string of the molecule is CC(C)=CCN1CC(NC(=O)OC(C)(C)C)C(=O)Nc2cc(C)ccc21. The lowest BCUT2D eigenvalue weighted by atomic mass is 10.1. The van der Waals surface area contributed by atoms with Gasteiger partial charge in [0, 0.05) is 13.1 Å². The first kappa shape index (κ1) is 19.8. The van der Waals surface area contributed by atoms with E-state index in [2.05, 4.69) is 21.6 Å². The van der Waals surface area contributed by atoms with Gasteiger partial charge in [-0.2, -0.15) is 0 Å².